The zero-order chi connectivity index (χ0) is 21.8. The second kappa shape index (κ2) is 9.69. The fourth-order valence-corrected chi connectivity index (χ4v) is 5.88. The van der Waals surface area contributed by atoms with Gasteiger partial charge in [0, 0.05) is 51.5 Å². The van der Waals surface area contributed by atoms with Crippen molar-refractivity contribution in [1.29, 1.82) is 0 Å². The van der Waals surface area contributed by atoms with Crippen molar-refractivity contribution >= 4 is 9.84 Å². The third-order valence-corrected chi connectivity index (χ3v) is 8.40. The van der Waals surface area contributed by atoms with E-state index in [0.29, 0.717) is 16.7 Å². The number of benzene rings is 2. The summed E-state index contributed by atoms with van der Waals surface area (Å²) >= 11 is 0. The Kier molecular flexibility index (Phi) is 6.96. The second-order valence-corrected chi connectivity index (χ2v) is 10.3. The third-order valence-electron chi connectivity index (χ3n) is 6.63. The van der Waals surface area contributed by atoms with Gasteiger partial charge in [-0.2, -0.15) is 0 Å². The summed E-state index contributed by atoms with van der Waals surface area (Å²) in [6.07, 6.45) is 2.28. The predicted molar refractivity (Wildman–Crippen MR) is 120 cm³/mol. The van der Waals surface area contributed by atoms with E-state index in [2.05, 4.69) is 16.7 Å². The molecule has 2 aliphatic rings. The maximum absolute atomic E-state index is 13.0. The van der Waals surface area contributed by atoms with Gasteiger partial charge in [0.15, 0.2) is 0 Å². The van der Waals surface area contributed by atoms with E-state index in [0.717, 1.165) is 57.8 Å². The molecule has 0 aliphatic carbocycles. The summed E-state index contributed by atoms with van der Waals surface area (Å²) in [4.78, 5) is 5.65. The minimum Gasteiger partial charge on any atom is -0.497 e. The van der Waals surface area contributed by atoms with Crippen molar-refractivity contribution in [3.63, 3.8) is 0 Å². The monoisotopic (exact) mass is 444 g/mol. The molecule has 0 radical (unpaired) electrons. The number of hydrogen-bond donors (Lipinski definition) is 0. The maximum Gasteiger partial charge on any atom is 0.206 e. The van der Waals surface area contributed by atoms with Crippen LogP contribution in [0.4, 0.5) is 0 Å². The van der Waals surface area contributed by atoms with Crippen LogP contribution < -0.4 is 4.74 Å². The molecule has 0 amide bonds. The number of ether oxygens (including phenoxy) is 2. The largest absolute Gasteiger partial charge is 0.497 e. The average molecular weight is 445 g/mol. The smallest absolute Gasteiger partial charge is 0.206 e. The number of rotatable bonds is 6. The van der Waals surface area contributed by atoms with Gasteiger partial charge in [-0.05, 0) is 55.7 Å². The van der Waals surface area contributed by atoms with E-state index >= 15 is 0 Å². The van der Waals surface area contributed by atoms with Crippen molar-refractivity contribution in [3.05, 3.63) is 54.1 Å². The van der Waals surface area contributed by atoms with Gasteiger partial charge in [0.2, 0.25) is 9.84 Å². The van der Waals surface area contributed by atoms with E-state index in [1.807, 2.05) is 12.1 Å². The Morgan fingerprint density at radius 1 is 0.968 bits per heavy atom. The van der Waals surface area contributed by atoms with E-state index in [4.69, 9.17) is 9.47 Å². The highest BCUT2D eigenvalue weighted by molar-refractivity contribution is 7.91. The Morgan fingerprint density at radius 3 is 2.29 bits per heavy atom. The van der Waals surface area contributed by atoms with Crippen molar-refractivity contribution in [2.24, 2.45) is 0 Å². The summed E-state index contributed by atoms with van der Waals surface area (Å²) in [7, 11) is -2.04. The van der Waals surface area contributed by atoms with Crippen molar-refractivity contribution in [2.75, 3.05) is 46.5 Å². The molecule has 0 aromatic heterocycles. The zero-order valence-corrected chi connectivity index (χ0v) is 19.2. The van der Waals surface area contributed by atoms with Crippen LogP contribution in [-0.2, 0) is 14.6 Å². The molecule has 31 heavy (non-hydrogen) atoms. The standard InChI is InChI=1S/C24H32N2O4S/c1-19(25-12-14-26(15-13-25)21-10-16-30-17-11-21)20-6-8-23(9-7-20)31(27,28)24-5-3-4-22(18-24)29-2/h3-9,18-19,21H,10-17H2,1-2H3/t19-/m0/s1. The highest BCUT2D eigenvalue weighted by Gasteiger charge is 2.28. The Bertz CT molecular complexity index is 963. The number of sulfone groups is 1. The molecule has 0 bridgehead atoms. The first kappa shape index (κ1) is 22.3. The lowest BCUT2D eigenvalue weighted by Gasteiger charge is -2.42. The van der Waals surface area contributed by atoms with Crippen LogP contribution in [0.3, 0.4) is 0 Å². The van der Waals surface area contributed by atoms with Crippen LogP contribution in [0.2, 0.25) is 0 Å². The van der Waals surface area contributed by atoms with Crippen LogP contribution in [0, 0.1) is 0 Å². The van der Waals surface area contributed by atoms with Crippen LogP contribution in [0.25, 0.3) is 0 Å². The van der Waals surface area contributed by atoms with Crippen molar-refractivity contribution in [2.45, 2.75) is 41.6 Å². The molecule has 4 rings (SSSR count). The van der Waals surface area contributed by atoms with Gasteiger partial charge < -0.3 is 9.47 Å². The zero-order valence-electron chi connectivity index (χ0n) is 18.4. The fraction of sp³-hybridized carbons (Fsp3) is 0.500. The summed E-state index contributed by atoms with van der Waals surface area (Å²) in [5.74, 6) is 0.534. The molecule has 2 saturated heterocycles. The maximum atomic E-state index is 13.0. The lowest BCUT2D eigenvalue weighted by Crippen LogP contribution is -2.52. The first-order chi connectivity index (χ1) is 15.0. The van der Waals surface area contributed by atoms with Crippen LogP contribution in [0.15, 0.2) is 58.3 Å². The van der Waals surface area contributed by atoms with Crippen LogP contribution in [-0.4, -0.2) is 70.8 Å². The lowest BCUT2D eigenvalue weighted by atomic mass is 10.0. The van der Waals surface area contributed by atoms with Crippen molar-refractivity contribution < 1.29 is 17.9 Å². The van der Waals surface area contributed by atoms with Crippen molar-refractivity contribution in [3.8, 4) is 5.75 Å². The van der Waals surface area contributed by atoms with E-state index in [-0.39, 0.29) is 10.9 Å². The molecule has 0 saturated carbocycles. The molecule has 0 N–H and O–H groups in total. The minimum atomic E-state index is -3.57. The SMILES string of the molecule is COc1cccc(S(=O)(=O)c2ccc([C@H](C)N3CCN(C4CCOCC4)CC3)cc2)c1. The van der Waals surface area contributed by atoms with Gasteiger partial charge in [0.25, 0.3) is 0 Å². The molecule has 2 aromatic carbocycles. The van der Waals surface area contributed by atoms with Gasteiger partial charge in [-0.25, -0.2) is 8.42 Å². The van der Waals surface area contributed by atoms with Crippen LogP contribution in [0.1, 0.15) is 31.4 Å². The Balaban J connectivity index is 1.41. The Morgan fingerprint density at radius 2 is 1.65 bits per heavy atom. The molecule has 168 valence electrons. The molecular weight excluding hydrogens is 412 g/mol. The Labute approximate surface area is 185 Å². The molecule has 0 spiro atoms. The van der Waals surface area contributed by atoms with Gasteiger partial charge in [-0.15, -0.1) is 0 Å². The topological polar surface area (TPSA) is 59.1 Å². The van der Waals surface area contributed by atoms with Gasteiger partial charge in [0.05, 0.1) is 16.9 Å². The predicted octanol–water partition coefficient (Wildman–Crippen LogP) is 3.39. The van der Waals surface area contributed by atoms with E-state index < -0.39 is 9.84 Å². The van der Waals surface area contributed by atoms with Gasteiger partial charge in [0.1, 0.15) is 5.75 Å². The average Bonchev–Trinajstić information content (AvgIpc) is 2.84. The summed E-state index contributed by atoms with van der Waals surface area (Å²) in [6, 6.07) is 14.9. The normalized spacial score (nSPS) is 20.5. The summed E-state index contributed by atoms with van der Waals surface area (Å²) in [6.45, 7) is 8.19. The summed E-state index contributed by atoms with van der Waals surface area (Å²) in [5.41, 5.74) is 1.14. The lowest BCUT2D eigenvalue weighted by molar-refractivity contribution is 0.00756. The minimum absolute atomic E-state index is 0.247. The number of nitrogens with zero attached hydrogens (tertiary/aromatic N) is 2. The number of piperazine rings is 1. The van der Waals surface area contributed by atoms with Crippen LogP contribution in [0.5, 0.6) is 5.75 Å². The molecule has 0 unspecified atom stereocenters. The molecule has 2 aromatic rings. The fourth-order valence-electron chi connectivity index (χ4n) is 4.58. The van der Waals surface area contributed by atoms with Gasteiger partial charge >= 0.3 is 0 Å². The molecule has 2 fully saturated rings. The molecule has 6 nitrogen and oxygen atoms in total. The van der Waals surface area contributed by atoms with E-state index in [1.54, 1.807) is 36.4 Å². The number of methoxy groups -OCH3 is 1. The molecule has 2 aliphatic heterocycles. The second-order valence-electron chi connectivity index (χ2n) is 8.34. The highest BCUT2D eigenvalue weighted by Crippen LogP contribution is 2.28. The number of hydrogen-bond acceptors (Lipinski definition) is 6. The first-order valence-corrected chi connectivity index (χ1v) is 12.5. The van der Waals surface area contributed by atoms with E-state index in [1.165, 1.54) is 7.11 Å². The van der Waals surface area contributed by atoms with E-state index in [9.17, 15) is 8.42 Å². The summed E-state index contributed by atoms with van der Waals surface area (Å²) in [5, 5.41) is 0. The van der Waals surface area contributed by atoms with Crippen LogP contribution >= 0.6 is 0 Å². The summed E-state index contributed by atoms with van der Waals surface area (Å²) < 4.78 is 36.6. The Hall–Kier alpha value is -1.93. The van der Waals surface area contributed by atoms with Crippen molar-refractivity contribution in [1.82, 2.24) is 9.80 Å². The molecular formula is C24H32N2O4S. The molecule has 7 heteroatoms. The quantitative estimate of drug-likeness (QED) is 0.681. The molecule has 1 atom stereocenters. The first-order valence-electron chi connectivity index (χ1n) is 11.0. The van der Waals surface area contributed by atoms with Gasteiger partial charge in [-0.1, -0.05) is 18.2 Å². The van der Waals surface area contributed by atoms with Gasteiger partial charge in [-0.3, -0.25) is 9.80 Å². The molecule has 2 heterocycles. The third kappa shape index (κ3) is 4.95. The highest BCUT2D eigenvalue weighted by atomic mass is 32.2.